The highest BCUT2D eigenvalue weighted by Crippen LogP contribution is 2.52. The first-order valence-electron chi connectivity index (χ1n) is 4.54. The zero-order chi connectivity index (χ0) is 11.2. The van der Waals surface area contributed by atoms with Crippen molar-refractivity contribution in [3.05, 3.63) is 22.5 Å². The summed E-state index contributed by atoms with van der Waals surface area (Å²) in [4.78, 5) is 0. The Labute approximate surface area is 91.6 Å². The predicted molar refractivity (Wildman–Crippen MR) is 54.7 cm³/mol. The van der Waals surface area contributed by atoms with E-state index in [-0.39, 0.29) is 16.5 Å². The summed E-state index contributed by atoms with van der Waals surface area (Å²) in [6.07, 6.45) is 1.43. The highest BCUT2D eigenvalue weighted by atomic mass is 35.5. The van der Waals surface area contributed by atoms with E-state index in [1.165, 1.54) is 7.11 Å². The van der Waals surface area contributed by atoms with Crippen molar-refractivity contribution in [2.24, 2.45) is 5.73 Å². The molecule has 82 valence electrons. The van der Waals surface area contributed by atoms with Gasteiger partial charge in [-0.25, -0.2) is 4.39 Å². The molecule has 0 spiro atoms. The molecule has 0 unspecified atom stereocenters. The lowest BCUT2D eigenvalue weighted by Crippen LogP contribution is -2.20. The Morgan fingerprint density at radius 2 is 2.20 bits per heavy atom. The number of benzene rings is 1. The first-order valence-corrected chi connectivity index (χ1v) is 4.92. The minimum Gasteiger partial charge on any atom is -0.504 e. The fourth-order valence-corrected chi connectivity index (χ4v) is 1.96. The van der Waals surface area contributed by atoms with Crippen molar-refractivity contribution in [2.75, 3.05) is 7.11 Å². The van der Waals surface area contributed by atoms with Crippen molar-refractivity contribution in [2.45, 2.75) is 18.4 Å². The molecule has 1 aromatic rings. The largest absolute Gasteiger partial charge is 0.504 e. The van der Waals surface area contributed by atoms with Crippen LogP contribution in [-0.4, -0.2) is 12.2 Å². The maximum atomic E-state index is 13.3. The second-order valence-corrected chi connectivity index (χ2v) is 4.13. The Morgan fingerprint density at radius 1 is 1.60 bits per heavy atom. The molecule has 3 N–H and O–H groups in total. The summed E-state index contributed by atoms with van der Waals surface area (Å²) >= 11 is 5.83. The predicted octanol–water partition coefficient (Wildman–Crippen LogP) is 2.14. The molecule has 5 heteroatoms. The molecule has 0 bridgehead atoms. The Bertz CT molecular complexity index is 418. The number of phenolic OH excluding ortho intramolecular Hbond substituents is 1. The molecule has 15 heavy (non-hydrogen) atoms. The number of rotatable bonds is 2. The molecule has 0 aliphatic heterocycles. The SMILES string of the molecule is COc1c(O)cc(F)c(Cl)c1C1(N)CC1. The number of ether oxygens (including phenoxy) is 1. The third-order valence-electron chi connectivity index (χ3n) is 2.64. The fourth-order valence-electron chi connectivity index (χ4n) is 1.63. The lowest BCUT2D eigenvalue weighted by atomic mass is 10.0. The number of hydrogen-bond acceptors (Lipinski definition) is 3. The lowest BCUT2D eigenvalue weighted by molar-refractivity contribution is 0.362. The van der Waals surface area contributed by atoms with E-state index in [0.29, 0.717) is 18.4 Å². The summed E-state index contributed by atoms with van der Waals surface area (Å²) in [5, 5.41) is 9.44. The standard InChI is InChI=1S/C10H11ClFNO2/c1-15-9-6(14)4-5(12)8(11)7(9)10(13)2-3-10/h4,14H,2-3,13H2,1H3. The first-order chi connectivity index (χ1) is 6.99. The second kappa shape index (κ2) is 3.25. The summed E-state index contributed by atoms with van der Waals surface area (Å²) in [6, 6.07) is 0.927. The Balaban J connectivity index is 2.68. The van der Waals surface area contributed by atoms with Gasteiger partial charge in [0.05, 0.1) is 12.1 Å². The third kappa shape index (κ3) is 1.54. The molecule has 0 atom stereocenters. The van der Waals surface area contributed by atoms with Gasteiger partial charge in [0, 0.05) is 17.2 Å². The average molecular weight is 232 g/mol. The normalized spacial score (nSPS) is 17.6. The highest BCUT2D eigenvalue weighted by molar-refractivity contribution is 6.32. The Kier molecular flexibility index (Phi) is 2.28. The molecule has 2 rings (SSSR count). The number of hydrogen-bond donors (Lipinski definition) is 2. The molecule has 1 fully saturated rings. The van der Waals surface area contributed by atoms with Crippen LogP contribution in [0.4, 0.5) is 4.39 Å². The van der Waals surface area contributed by atoms with Gasteiger partial charge < -0.3 is 15.6 Å². The van der Waals surface area contributed by atoms with Gasteiger partial charge in [0.1, 0.15) is 5.82 Å². The van der Waals surface area contributed by atoms with Crippen LogP contribution < -0.4 is 10.5 Å². The third-order valence-corrected chi connectivity index (χ3v) is 3.01. The molecule has 0 saturated heterocycles. The molecule has 0 amide bonds. The van der Waals surface area contributed by atoms with Crippen LogP contribution in [0.15, 0.2) is 6.07 Å². The van der Waals surface area contributed by atoms with Crippen LogP contribution in [0.1, 0.15) is 18.4 Å². The van der Waals surface area contributed by atoms with Crippen LogP contribution in [-0.2, 0) is 5.54 Å². The molecule has 1 saturated carbocycles. The summed E-state index contributed by atoms with van der Waals surface area (Å²) in [6.45, 7) is 0. The second-order valence-electron chi connectivity index (χ2n) is 3.76. The van der Waals surface area contributed by atoms with Crippen LogP contribution in [0, 0.1) is 5.82 Å². The number of nitrogens with two attached hydrogens (primary N) is 1. The van der Waals surface area contributed by atoms with Gasteiger partial charge in [0.15, 0.2) is 11.5 Å². The number of aromatic hydroxyl groups is 1. The van der Waals surface area contributed by atoms with Crippen molar-refractivity contribution >= 4 is 11.6 Å². The smallest absolute Gasteiger partial charge is 0.167 e. The van der Waals surface area contributed by atoms with Gasteiger partial charge in [0.2, 0.25) is 0 Å². The Hall–Kier alpha value is -1.00. The van der Waals surface area contributed by atoms with E-state index < -0.39 is 11.4 Å². The topological polar surface area (TPSA) is 55.5 Å². The van der Waals surface area contributed by atoms with Gasteiger partial charge in [-0.05, 0) is 12.8 Å². The maximum absolute atomic E-state index is 13.3. The van der Waals surface area contributed by atoms with E-state index in [4.69, 9.17) is 22.1 Å². The molecule has 0 radical (unpaired) electrons. The summed E-state index contributed by atoms with van der Waals surface area (Å²) in [5.41, 5.74) is 5.65. The van der Waals surface area contributed by atoms with E-state index in [1.54, 1.807) is 0 Å². The van der Waals surface area contributed by atoms with Gasteiger partial charge in [-0.2, -0.15) is 0 Å². The first kappa shape index (κ1) is 10.5. The number of methoxy groups -OCH3 is 1. The average Bonchev–Trinajstić information content (AvgIpc) is 2.90. The highest BCUT2D eigenvalue weighted by Gasteiger charge is 2.45. The Morgan fingerprint density at radius 3 is 2.67 bits per heavy atom. The zero-order valence-electron chi connectivity index (χ0n) is 8.18. The molecular weight excluding hydrogens is 221 g/mol. The molecule has 3 nitrogen and oxygen atoms in total. The van der Waals surface area contributed by atoms with Crippen molar-refractivity contribution in [3.63, 3.8) is 0 Å². The van der Waals surface area contributed by atoms with E-state index in [9.17, 15) is 9.50 Å². The summed E-state index contributed by atoms with van der Waals surface area (Å²) in [7, 11) is 1.39. The number of halogens is 2. The van der Waals surface area contributed by atoms with Crippen LogP contribution in [0.3, 0.4) is 0 Å². The van der Waals surface area contributed by atoms with E-state index in [1.807, 2.05) is 0 Å². The van der Waals surface area contributed by atoms with Crippen molar-refractivity contribution in [3.8, 4) is 11.5 Å². The summed E-state index contributed by atoms with van der Waals surface area (Å²) < 4.78 is 18.3. The molecule has 1 aliphatic rings. The summed E-state index contributed by atoms with van der Waals surface area (Å²) in [5.74, 6) is -0.783. The van der Waals surface area contributed by atoms with Gasteiger partial charge in [-0.15, -0.1) is 0 Å². The van der Waals surface area contributed by atoms with Crippen molar-refractivity contribution in [1.29, 1.82) is 0 Å². The van der Waals surface area contributed by atoms with Crippen LogP contribution >= 0.6 is 11.6 Å². The zero-order valence-corrected chi connectivity index (χ0v) is 8.94. The van der Waals surface area contributed by atoms with Gasteiger partial charge in [0.25, 0.3) is 0 Å². The monoisotopic (exact) mass is 231 g/mol. The quantitative estimate of drug-likeness (QED) is 0.820. The molecule has 0 aromatic heterocycles. The van der Waals surface area contributed by atoms with Gasteiger partial charge in [-0.3, -0.25) is 0 Å². The molecule has 0 heterocycles. The minimum absolute atomic E-state index is 0.0651. The van der Waals surface area contributed by atoms with Gasteiger partial charge >= 0.3 is 0 Å². The van der Waals surface area contributed by atoms with Crippen LogP contribution in [0.5, 0.6) is 11.5 Å². The maximum Gasteiger partial charge on any atom is 0.167 e. The van der Waals surface area contributed by atoms with E-state index >= 15 is 0 Å². The molecular formula is C10H11ClFNO2. The van der Waals surface area contributed by atoms with Crippen LogP contribution in [0.25, 0.3) is 0 Å². The van der Waals surface area contributed by atoms with Gasteiger partial charge in [-0.1, -0.05) is 11.6 Å². The lowest BCUT2D eigenvalue weighted by Gasteiger charge is -2.17. The fraction of sp³-hybridized carbons (Fsp3) is 0.400. The molecule has 1 aliphatic carbocycles. The van der Waals surface area contributed by atoms with Crippen molar-refractivity contribution < 1.29 is 14.2 Å². The molecule has 1 aromatic carbocycles. The van der Waals surface area contributed by atoms with E-state index in [0.717, 1.165) is 6.07 Å². The number of phenols is 1. The van der Waals surface area contributed by atoms with Crippen LogP contribution in [0.2, 0.25) is 5.02 Å². The minimum atomic E-state index is -0.679. The van der Waals surface area contributed by atoms with Crippen molar-refractivity contribution in [1.82, 2.24) is 0 Å². The van der Waals surface area contributed by atoms with E-state index in [2.05, 4.69) is 0 Å².